The first-order valence-electron chi connectivity index (χ1n) is 6.72. The fourth-order valence-electron chi connectivity index (χ4n) is 2.39. The van der Waals surface area contributed by atoms with Crippen LogP contribution in [0.25, 0.3) is 0 Å². The van der Waals surface area contributed by atoms with Crippen molar-refractivity contribution in [3.05, 3.63) is 29.6 Å². The second-order valence-electron chi connectivity index (χ2n) is 4.94. The van der Waals surface area contributed by atoms with Gasteiger partial charge in [-0.25, -0.2) is 9.82 Å². The Morgan fingerprint density at radius 1 is 1.43 bits per heavy atom. The minimum absolute atomic E-state index is 0.187. The molecule has 2 aliphatic rings. The van der Waals surface area contributed by atoms with E-state index in [0.717, 1.165) is 22.6 Å². The number of carbonyl (C=O) groups excluding carboxylic acids is 2. The van der Waals surface area contributed by atoms with Gasteiger partial charge in [-0.3, -0.25) is 9.59 Å². The third-order valence-corrected chi connectivity index (χ3v) is 4.61. The molecule has 1 unspecified atom stereocenters. The van der Waals surface area contributed by atoms with Gasteiger partial charge in [0.1, 0.15) is 11.5 Å². The number of hydrogen-bond acceptors (Lipinski definition) is 4. The molecule has 2 N–H and O–H groups in total. The molecule has 1 aromatic carbocycles. The summed E-state index contributed by atoms with van der Waals surface area (Å²) in [4.78, 5) is 24.2. The van der Waals surface area contributed by atoms with Crippen molar-refractivity contribution in [2.75, 3.05) is 5.75 Å². The molecule has 2 aliphatic heterocycles. The van der Waals surface area contributed by atoms with E-state index in [2.05, 4.69) is 15.8 Å². The van der Waals surface area contributed by atoms with Gasteiger partial charge in [0.2, 0.25) is 5.91 Å². The minimum Gasteiger partial charge on any atom is -0.344 e. The van der Waals surface area contributed by atoms with Gasteiger partial charge in [-0.1, -0.05) is 0 Å². The Morgan fingerprint density at radius 3 is 3.05 bits per heavy atom. The number of hydrazone groups is 1. The topological polar surface area (TPSA) is 70.6 Å². The number of benzene rings is 1. The van der Waals surface area contributed by atoms with Crippen LogP contribution in [0.1, 0.15) is 30.9 Å². The highest BCUT2D eigenvalue weighted by atomic mass is 32.2. The average molecular weight is 307 g/mol. The molecule has 3 rings (SSSR count). The summed E-state index contributed by atoms with van der Waals surface area (Å²) in [5.74, 6) is 0.0696. The zero-order chi connectivity index (χ0) is 14.8. The first-order valence-corrected chi connectivity index (χ1v) is 7.70. The van der Waals surface area contributed by atoms with Crippen molar-refractivity contribution in [1.29, 1.82) is 0 Å². The maximum atomic E-state index is 13.4. The number of amides is 2. The second-order valence-corrected chi connectivity index (χ2v) is 6.08. The molecular weight excluding hydrogens is 293 g/mol. The van der Waals surface area contributed by atoms with Gasteiger partial charge >= 0.3 is 0 Å². The molecule has 0 saturated carbocycles. The van der Waals surface area contributed by atoms with Crippen molar-refractivity contribution < 1.29 is 14.0 Å². The van der Waals surface area contributed by atoms with Gasteiger partial charge in [-0.15, -0.1) is 11.8 Å². The number of nitrogens with one attached hydrogen (secondary N) is 2. The molecule has 0 aliphatic carbocycles. The molecule has 0 aromatic heterocycles. The number of hydrogen-bond donors (Lipinski definition) is 2. The molecule has 1 atom stereocenters. The molecule has 0 bridgehead atoms. The fourth-order valence-corrected chi connectivity index (χ4v) is 3.50. The summed E-state index contributed by atoms with van der Waals surface area (Å²) in [7, 11) is 0. The van der Waals surface area contributed by atoms with Gasteiger partial charge in [-0.05, 0) is 30.2 Å². The van der Waals surface area contributed by atoms with Gasteiger partial charge in [-0.2, -0.15) is 5.10 Å². The van der Waals surface area contributed by atoms with Crippen molar-refractivity contribution in [3.8, 4) is 0 Å². The Morgan fingerprint density at radius 2 is 2.29 bits per heavy atom. The highest BCUT2D eigenvalue weighted by Crippen LogP contribution is 2.36. The lowest BCUT2D eigenvalue weighted by Crippen LogP contribution is -2.39. The molecular formula is C14H14FN3O2S. The minimum atomic E-state index is -0.308. The Hall–Kier alpha value is -1.89. The third-order valence-electron chi connectivity index (χ3n) is 3.48. The molecule has 0 spiro atoms. The van der Waals surface area contributed by atoms with E-state index in [0.29, 0.717) is 12.1 Å². The van der Waals surface area contributed by atoms with Crippen molar-refractivity contribution >= 4 is 29.3 Å². The molecule has 7 heteroatoms. The molecule has 0 fully saturated rings. The van der Waals surface area contributed by atoms with Crippen LogP contribution < -0.4 is 10.7 Å². The summed E-state index contributed by atoms with van der Waals surface area (Å²) < 4.78 is 13.4. The van der Waals surface area contributed by atoms with Crippen LogP contribution in [0.5, 0.6) is 0 Å². The molecule has 110 valence electrons. The van der Waals surface area contributed by atoms with E-state index in [4.69, 9.17) is 0 Å². The summed E-state index contributed by atoms with van der Waals surface area (Å²) in [5, 5.41) is 6.66. The Balaban J connectivity index is 1.76. The molecule has 2 heterocycles. The molecule has 5 nitrogen and oxygen atoms in total. The van der Waals surface area contributed by atoms with Crippen molar-refractivity contribution in [3.63, 3.8) is 0 Å². The molecule has 1 aromatic rings. The van der Waals surface area contributed by atoms with Gasteiger partial charge < -0.3 is 5.32 Å². The molecule has 0 radical (unpaired) electrons. The van der Waals surface area contributed by atoms with Crippen LogP contribution in [-0.4, -0.2) is 23.3 Å². The second kappa shape index (κ2) is 5.85. The summed E-state index contributed by atoms with van der Waals surface area (Å²) in [6.07, 6.45) is 1.33. The molecule has 21 heavy (non-hydrogen) atoms. The molecule has 0 saturated heterocycles. The van der Waals surface area contributed by atoms with Gasteiger partial charge in [0.05, 0.1) is 6.04 Å². The van der Waals surface area contributed by atoms with Crippen molar-refractivity contribution in [2.45, 2.75) is 30.2 Å². The maximum absolute atomic E-state index is 13.4. The summed E-state index contributed by atoms with van der Waals surface area (Å²) in [6.45, 7) is 0. The quantitative estimate of drug-likeness (QED) is 0.874. The number of carbonyl (C=O) groups is 2. The molecule has 2 amide bonds. The Labute approximate surface area is 125 Å². The average Bonchev–Trinajstić information content (AvgIpc) is 2.48. The van der Waals surface area contributed by atoms with Gasteiger partial charge in [0, 0.05) is 23.5 Å². The lowest BCUT2D eigenvalue weighted by molar-refractivity contribution is -0.121. The number of thioether (sulfide) groups is 1. The summed E-state index contributed by atoms with van der Waals surface area (Å²) in [5.41, 5.74) is 3.42. The Bertz CT molecular complexity index is 633. The van der Waals surface area contributed by atoms with E-state index in [1.165, 1.54) is 12.1 Å². The maximum Gasteiger partial charge on any atom is 0.267 e. The van der Waals surface area contributed by atoms with Crippen LogP contribution in [0.4, 0.5) is 4.39 Å². The highest BCUT2D eigenvalue weighted by molar-refractivity contribution is 7.99. The van der Waals surface area contributed by atoms with Crippen LogP contribution in [0, 0.1) is 5.82 Å². The fraction of sp³-hybridized carbons (Fsp3) is 0.357. The SMILES string of the molecule is O=C1CCC(C(=O)NC2CCSc3ccc(F)cc32)=NN1. The van der Waals surface area contributed by atoms with Crippen molar-refractivity contribution in [1.82, 2.24) is 10.7 Å². The van der Waals surface area contributed by atoms with E-state index in [-0.39, 0.29) is 30.1 Å². The van der Waals surface area contributed by atoms with Crippen LogP contribution in [0.2, 0.25) is 0 Å². The van der Waals surface area contributed by atoms with Crippen LogP contribution in [-0.2, 0) is 9.59 Å². The Kier molecular flexibility index (Phi) is 3.92. The van der Waals surface area contributed by atoms with E-state index < -0.39 is 0 Å². The van der Waals surface area contributed by atoms with Gasteiger partial charge in [0.15, 0.2) is 0 Å². The summed E-state index contributed by atoms with van der Waals surface area (Å²) >= 11 is 1.66. The van der Waals surface area contributed by atoms with Crippen LogP contribution >= 0.6 is 11.8 Å². The first kappa shape index (κ1) is 14.1. The van der Waals surface area contributed by atoms with Crippen LogP contribution in [0.15, 0.2) is 28.2 Å². The standard InChI is InChI=1S/C14H14FN3O2S/c15-8-1-3-12-9(7-8)10(5-6-21-12)16-14(20)11-2-4-13(19)18-17-11/h1,3,7,10H,2,4-6H2,(H,16,20)(H,18,19). The van der Waals surface area contributed by atoms with Crippen molar-refractivity contribution in [2.24, 2.45) is 5.10 Å². The zero-order valence-corrected chi connectivity index (χ0v) is 12.0. The lowest BCUT2D eigenvalue weighted by Gasteiger charge is -2.26. The normalized spacial score (nSPS) is 21.1. The largest absolute Gasteiger partial charge is 0.344 e. The number of rotatable bonds is 2. The van der Waals surface area contributed by atoms with E-state index >= 15 is 0 Å². The zero-order valence-electron chi connectivity index (χ0n) is 11.2. The monoisotopic (exact) mass is 307 g/mol. The predicted molar refractivity (Wildman–Crippen MR) is 77.4 cm³/mol. The number of fused-ring (bicyclic) bond motifs is 1. The van der Waals surface area contributed by atoms with E-state index in [1.807, 2.05) is 0 Å². The first-order chi connectivity index (χ1) is 10.1. The van der Waals surface area contributed by atoms with E-state index in [9.17, 15) is 14.0 Å². The third kappa shape index (κ3) is 3.07. The number of nitrogens with zero attached hydrogens (tertiary/aromatic N) is 1. The number of halogens is 1. The van der Waals surface area contributed by atoms with E-state index in [1.54, 1.807) is 17.8 Å². The predicted octanol–water partition coefficient (Wildman–Crippen LogP) is 1.74. The van der Waals surface area contributed by atoms with Crippen LogP contribution in [0.3, 0.4) is 0 Å². The lowest BCUT2D eigenvalue weighted by atomic mass is 10.0. The highest BCUT2D eigenvalue weighted by Gasteiger charge is 2.25. The summed E-state index contributed by atoms with van der Waals surface area (Å²) in [6, 6.07) is 4.42. The van der Waals surface area contributed by atoms with Gasteiger partial charge in [0.25, 0.3) is 5.91 Å². The smallest absolute Gasteiger partial charge is 0.267 e.